The van der Waals surface area contributed by atoms with Crippen LogP contribution >= 0.6 is 0 Å². The first-order valence-corrected chi connectivity index (χ1v) is 9.27. The molecule has 0 saturated heterocycles. The molecule has 1 atom stereocenters. The normalized spacial score (nSPS) is 12.7. The quantitative estimate of drug-likeness (QED) is 0.540. The SMILES string of the molecule is CCn1cc(C(C)NC(=O)c2ccc(Cn3nc(C(F)F)cc3C(F)F)o2)c(C)n1. The Balaban J connectivity index is 1.71. The fourth-order valence-electron chi connectivity index (χ4n) is 3.06. The van der Waals surface area contributed by atoms with E-state index < -0.39 is 30.1 Å². The van der Waals surface area contributed by atoms with Crippen molar-refractivity contribution in [3.8, 4) is 0 Å². The number of aromatic nitrogens is 4. The molecule has 3 aromatic rings. The van der Waals surface area contributed by atoms with Gasteiger partial charge in [0, 0.05) is 18.3 Å². The molecule has 30 heavy (non-hydrogen) atoms. The van der Waals surface area contributed by atoms with Gasteiger partial charge in [-0.05, 0) is 39.0 Å². The van der Waals surface area contributed by atoms with Gasteiger partial charge < -0.3 is 9.73 Å². The molecular formula is C19H21F4N5O2. The van der Waals surface area contributed by atoms with Crippen LogP contribution in [0.15, 0.2) is 28.8 Å². The first kappa shape index (κ1) is 21.6. The average Bonchev–Trinajstić information content (AvgIpc) is 3.40. The second-order valence-electron chi connectivity index (χ2n) is 6.74. The summed E-state index contributed by atoms with van der Waals surface area (Å²) in [5, 5.41) is 10.6. The fourth-order valence-corrected chi connectivity index (χ4v) is 3.06. The van der Waals surface area contributed by atoms with Crippen molar-refractivity contribution in [1.82, 2.24) is 24.9 Å². The summed E-state index contributed by atoms with van der Waals surface area (Å²) in [7, 11) is 0. The van der Waals surface area contributed by atoms with Crippen molar-refractivity contribution in [2.75, 3.05) is 0 Å². The molecule has 1 N–H and O–H groups in total. The van der Waals surface area contributed by atoms with Gasteiger partial charge in [-0.3, -0.25) is 14.2 Å². The molecular weight excluding hydrogens is 406 g/mol. The highest BCUT2D eigenvalue weighted by Gasteiger charge is 2.23. The molecule has 7 nitrogen and oxygen atoms in total. The fraction of sp³-hybridized carbons (Fsp3) is 0.421. The Morgan fingerprint density at radius 3 is 2.53 bits per heavy atom. The van der Waals surface area contributed by atoms with E-state index in [1.165, 1.54) is 12.1 Å². The molecule has 3 rings (SSSR count). The van der Waals surface area contributed by atoms with E-state index in [-0.39, 0.29) is 24.1 Å². The highest BCUT2D eigenvalue weighted by atomic mass is 19.3. The Kier molecular flexibility index (Phi) is 6.28. The smallest absolute Gasteiger partial charge is 0.287 e. The zero-order valence-corrected chi connectivity index (χ0v) is 16.6. The molecule has 0 bridgehead atoms. The molecule has 1 amide bonds. The molecule has 0 aliphatic heterocycles. The summed E-state index contributed by atoms with van der Waals surface area (Å²) in [6.07, 6.45) is -4.10. The Hall–Kier alpha value is -3.11. The minimum absolute atomic E-state index is 0.0303. The van der Waals surface area contributed by atoms with Crippen LogP contribution in [0.25, 0.3) is 0 Å². The molecule has 3 aromatic heterocycles. The predicted octanol–water partition coefficient (Wildman–Crippen LogP) is 4.42. The summed E-state index contributed by atoms with van der Waals surface area (Å²) in [4.78, 5) is 12.5. The number of furan rings is 1. The molecule has 0 radical (unpaired) electrons. The van der Waals surface area contributed by atoms with Crippen LogP contribution in [0.5, 0.6) is 0 Å². The first-order valence-electron chi connectivity index (χ1n) is 9.27. The van der Waals surface area contributed by atoms with Gasteiger partial charge in [-0.2, -0.15) is 10.2 Å². The molecule has 0 aliphatic rings. The maximum atomic E-state index is 13.1. The Morgan fingerprint density at radius 1 is 1.20 bits per heavy atom. The van der Waals surface area contributed by atoms with E-state index in [4.69, 9.17) is 4.42 Å². The number of hydrogen-bond donors (Lipinski definition) is 1. The van der Waals surface area contributed by atoms with Gasteiger partial charge in [0.25, 0.3) is 18.8 Å². The predicted molar refractivity (Wildman–Crippen MR) is 98.5 cm³/mol. The van der Waals surface area contributed by atoms with Gasteiger partial charge in [-0.1, -0.05) is 0 Å². The molecule has 0 aromatic carbocycles. The number of carbonyl (C=O) groups is 1. The minimum atomic E-state index is -2.98. The van der Waals surface area contributed by atoms with Crippen molar-refractivity contribution in [2.45, 2.75) is 52.8 Å². The summed E-state index contributed by atoms with van der Waals surface area (Å²) in [6, 6.07) is 3.13. The molecule has 0 spiro atoms. The lowest BCUT2D eigenvalue weighted by molar-refractivity contribution is 0.0909. The van der Waals surface area contributed by atoms with E-state index in [1.807, 2.05) is 20.0 Å². The van der Waals surface area contributed by atoms with Gasteiger partial charge in [-0.25, -0.2) is 17.6 Å². The standard InChI is InChI=1S/C19H21F4N5O2/c1-4-27-9-13(11(3)25-27)10(2)24-19(29)16-6-5-12(30-16)8-28-15(18(22)23)7-14(26-28)17(20)21/h5-7,9-10,17-18H,4,8H2,1-3H3,(H,24,29). The Bertz CT molecular complexity index is 1020. The van der Waals surface area contributed by atoms with E-state index in [1.54, 1.807) is 11.6 Å². The van der Waals surface area contributed by atoms with E-state index in [0.29, 0.717) is 12.6 Å². The number of nitrogens with one attached hydrogen (secondary N) is 1. The first-order chi connectivity index (χ1) is 14.2. The number of aryl methyl sites for hydroxylation is 2. The third-order valence-electron chi connectivity index (χ3n) is 4.59. The highest BCUT2D eigenvalue weighted by Crippen LogP contribution is 2.26. The van der Waals surface area contributed by atoms with Crippen LogP contribution < -0.4 is 5.32 Å². The Labute approximate surface area is 169 Å². The highest BCUT2D eigenvalue weighted by molar-refractivity contribution is 5.91. The molecule has 0 aliphatic carbocycles. The lowest BCUT2D eigenvalue weighted by atomic mass is 10.1. The maximum Gasteiger partial charge on any atom is 0.287 e. The van der Waals surface area contributed by atoms with Gasteiger partial charge in [0.2, 0.25) is 0 Å². The van der Waals surface area contributed by atoms with Crippen LogP contribution in [0.1, 0.15) is 71.7 Å². The van der Waals surface area contributed by atoms with Crippen molar-refractivity contribution in [2.24, 2.45) is 0 Å². The number of rotatable bonds is 8. The zero-order valence-electron chi connectivity index (χ0n) is 16.6. The van der Waals surface area contributed by atoms with E-state index >= 15 is 0 Å². The lowest BCUT2D eigenvalue weighted by Crippen LogP contribution is -2.26. The minimum Gasteiger partial charge on any atom is -0.454 e. The van der Waals surface area contributed by atoms with Crippen LogP contribution in [-0.4, -0.2) is 25.5 Å². The van der Waals surface area contributed by atoms with E-state index in [2.05, 4.69) is 15.5 Å². The molecule has 3 heterocycles. The summed E-state index contributed by atoms with van der Waals surface area (Å²) >= 11 is 0. The molecule has 162 valence electrons. The van der Waals surface area contributed by atoms with E-state index in [9.17, 15) is 22.4 Å². The van der Waals surface area contributed by atoms with Gasteiger partial charge in [0.15, 0.2) is 5.76 Å². The van der Waals surface area contributed by atoms with Crippen LogP contribution in [0, 0.1) is 6.92 Å². The molecule has 1 unspecified atom stereocenters. The second-order valence-corrected chi connectivity index (χ2v) is 6.74. The molecule has 11 heteroatoms. The third kappa shape index (κ3) is 4.55. The van der Waals surface area contributed by atoms with Crippen molar-refractivity contribution < 1.29 is 26.8 Å². The van der Waals surface area contributed by atoms with Crippen molar-refractivity contribution >= 4 is 5.91 Å². The number of nitrogens with zero attached hydrogens (tertiary/aromatic N) is 4. The number of carbonyl (C=O) groups excluding carboxylic acids is 1. The van der Waals surface area contributed by atoms with E-state index in [0.717, 1.165) is 15.9 Å². The summed E-state index contributed by atoms with van der Waals surface area (Å²) < 4.78 is 59.7. The monoisotopic (exact) mass is 427 g/mol. The molecule has 0 fully saturated rings. The van der Waals surface area contributed by atoms with Gasteiger partial charge in [-0.15, -0.1) is 0 Å². The van der Waals surface area contributed by atoms with Gasteiger partial charge >= 0.3 is 0 Å². The van der Waals surface area contributed by atoms with Crippen LogP contribution in [-0.2, 0) is 13.1 Å². The number of amides is 1. The van der Waals surface area contributed by atoms with Gasteiger partial charge in [0.05, 0.1) is 18.3 Å². The summed E-state index contributed by atoms with van der Waals surface area (Å²) in [5.74, 6) is -0.397. The van der Waals surface area contributed by atoms with Gasteiger partial charge in [0.1, 0.15) is 17.1 Å². The average molecular weight is 427 g/mol. The number of hydrogen-bond acceptors (Lipinski definition) is 4. The summed E-state index contributed by atoms with van der Waals surface area (Å²) in [5.41, 5.74) is 0.254. The zero-order chi connectivity index (χ0) is 22.0. The van der Waals surface area contributed by atoms with Crippen molar-refractivity contribution in [3.63, 3.8) is 0 Å². The lowest BCUT2D eigenvalue weighted by Gasteiger charge is -2.12. The van der Waals surface area contributed by atoms with Crippen molar-refractivity contribution in [1.29, 1.82) is 0 Å². The summed E-state index contributed by atoms with van der Waals surface area (Å²) in [6.45, 7) is 5.99. The third-order valence-corrected chi connectivity index (χ3v) is 4.59. The van der Waals surface area contributed by atoms with Crippen LogP contribution in [0.4, 0.5) is 17.6 Å². The largest absolute Gasteiger partial charge is 0.454 e. The number of halogens is 4. The van der Waals surface area contributed by atoms with Crippen molar-refractivity contribution in [3.05, 3.63) is 58.6 Å². The topological polar surface area (TPSA) is 77.9 Å². The Morgan fingerprint density at radius 2 is 1.93 bits per heavy atom. The maximum absolute atomic E-state index is 13.1. The number of alkyl halides is 4. The van der Waals surface area contributed by atoms with Crippen LogP contribution in [0.2, 0.25) is 0 Å². The second kappa shape index (κ2) is 8.72. The van der Waals surface area contributed by atoms with Crippen LogP contribution in [0.3, 0.4) is 0 Å². The molecule has 0 saturated carbocycles.